The Bertz CT molecular complexity index is 660. The molecule has 1 heteroatoms. The van der Waals surface area contributed by atoms with Crippen LogP contribution < -0.4 is 5.73 Å². The molecular weight excluding hydrogens is 170 g/mol. The van der Waals surface area contributed by atoms with Crippen molar-refractivity contribution in [2.75, 3.05) is 0 Å². The van der Waals surface area contributed by atoms with Gasteiger partial charge in [-0.25, -0.2) is 0 Å². The standard InChI is InChI=1S/C13H13N/c14-10-11-5-4-8-13(9-11)12-6-2-1-3-7-12/h1-9H,10,14H2/i1D,5D,6D,7D,8D,9D. The Morgan fingerprint density at radius 3 is 2.43 bits per heavy atom. The van der Waals surface area contributed by atoms with Gasteiger partial charge in [0.15, 0.2) is 0 Å². The predicted molar refractivity (Wildman–Crippen MR) is 59.8 cm³/mol. The van der Waals surface area contributed by atoms with Crippen LogP contribution in [0, 0.1) is 0 Å². The summed E-state index contributed by atoms with van der Waals surface area (Å²) in [5, 5.41) is 0. The number of hydrogen-bond acceptors (Lipinski definition) is 1. The van der Waals surface area contributed by atoms with Crippen molar-refractivity contribution in [2.45, 2.75) is 6.54 Å². The summed E-state index contributed by atoms with van der Waals surface area (Å²) in [5.74, 6) is 0. The van der Waals surface area contributed by atoms with E-state index in [1.165, 1.54) is 18.2 Å². The maximum Gasteiger partial charge on any atom is 0.0633 e. The van der Waals surface area contributed by atoms with Gasteiger partial charge < -0.3 is 5.73 Å². The second-order valence-electron chi connectivity index (χ2n) is 2.73. The van der Waals surface area contributed by atoms with Gasteiger partial charge in [0.2, 0.25) is 0 Å². The van der Waals surface area contributed by atoms with Gasteiger partial charge in [0.05, 0.1) is 8.22 Å². The second-order valence-corrected chi connectivity index (χ2v) is 2.73. The van der Waals surface area contributed by atoms with E-state index in [0.717, 1.165) is 0 Å². The summed E-state index contributed by atoms with van der Waals surface area (Å²) in [6, 6.07) is 3.52. The van der Waals surface area contributed by atoms with Crippen LogP contribution in [0.2, 0.25) is 0 Å². The monoisotopic (exact) mass is 189 g/mol. The van der Waals surface area contributed by atoms with E-state index in [2.05, 4.69) is 0 Å². The minimum atomic E-state index is -0.0928. The lowest BCUT2D eigenvalue weighted by Gasteiger charge is -2.03. The Morgan fingerprint density at radius 1 is 1.00 bits per heavy atom. The first-order valence-corrected chi connectivity index (χ1v) is 4.24. The molecule has 0 unspecified atom stereocenters. The highest BCUT2D eigenvalue weighted by atomic mass is 14.5. The molecule has 0 saturated heterocycles. The van der Waals surface area contributed by atoms with Gasteiger partial charge in [0.25, 0.3) is 0 Å². The highest BCUT2D eigenvalue weighted by Gasteiger charge is 1.96. The fourth-order valence-electron chi connectivity index (χ4n) is 1.12. The Morgan fingerprint density at radius 2 is 1.71 bits per heavy atom. The van der Waals surface area contributed by atoms with E-state index in [0.29, 0.717) is 0 Å². The predicted octanol–water partition coefficient (Wildman–Crippen LogP) is 2.81. The van der Waals surface area contributed by atoms with Crippen LogP contribution in [-0.2, 0) is 6.54 Å². The summed E-state index contributed by atoms with van der Waals surface area (Å²) in [6.07, 6.45) is 0. The van der Waals surface area contributed by atoms with Crippen molar-refractivity contribution < 1.29 is 8.22 Å². The van der Waals surface area contributed by atoms with Gasteiger partial charge in [-0.3, -0.25) is 0 Å². The largest absolute Gasteiger partial charge is 0.326 e. The van der Waals surface area contributed by atoms with Gasteiger partial charge in [-0.1, -0.05) is 48.4 Å². The fraction of sp³-hybridized carbons (Fsp3) is 0.0769. The minimum Gasteiger partial charge on any atom is -0.326 e. The van der Waals surface area contributed by atoms with Crippen molar-refractivity contribution in [3.63, 3.8) is 0 Å². The van der Waals surface area contributed by atoms with Gasteiger partial charge >= 0.3 is 0 Å². The van der Waals surface area contributed by atoms with Crippen LogP contribution in [0.25, 0.3) is 11.1 Å². The van der Waals surface area contributed by atoms with Crippen molar-refractivity contribution in [3.8, 4) is 11.1 Å². The summed E-state index contributed by atoms with van der Waals surface area (Å²) in [5.41, 5.74) is 6.06. The molecule has 1 nitrogen and oxygen atoms in total. The fourth-order valence-corrected chi connectivity index (χ4v) is 1.12. The highest BCUT2D eigenvalue weighted by molar-refractivity contribution is 5.63. The Labute approximate surface area is 92.6 Å². The highest BCUT2D eigenvalue weighted by Crippen LogP contribution is 2.19. The zero-order chi connectivity index (χ0) is 15.0. The molecule has 0 aliphatic carbocycles. The number of nitrogens with two attached hydrogens (primary N) is 1. The molecule has 0 aliphatic rings. The van der Waals surface area contributed by atoms with Crippen LogP contribution in [0.4, 0.5) is 0 Å². The molecule has 2 aromatic carbocycles. The SMILES string of the molecule is [2H]c1cc([2H])c(-c2c([2H])cc([2H])c(CN)c2[2H])c([2H])c1. The van der Waals surface area contributed by atoms with E-state index in [4.69, 9.17) is 14.0 Å². The molecule has 0 heterocycles. The van der Waals surface area contributed by atoms with Crippen LogP contribution >= 0.6 is 0 Å². The third-order valence-electron chi connectivity index (χ3n) is 1.79. The molecule has 14 heavy (non-hydrogen) atoms. The molecule has 0 fully saturated rings. The summed E-state index contributed by atoms with van der Waals surface area (Å²) >= 11 is 0. The van der Waals surface area contributed by atoms with Gasteiger partial charge in [-0.15, -0.1) is 0 Å². The van der Waals surface area contributed by atoms with Gasteiger partial charge in [0.1, 0.15) is 0 Å². The summed E-state index contributed by atoms with van der Waals surface area (Å²) in [7, 11) is 0. The van der Waals surface area contributed by atoms with Crippen LogP contribution in [0.15, 0.2) is 54.5 Å². The molecule has 0 atom stereocenters. The third-order valence-corrected chi connectivity index (χ3v) is 1.79. The van der Waals surface area contributed by atoms with E-state index in [1.54, 1.807) is 0 Å². The van der Waals surface area contributed by atoms with E-state index >= 15 is 0 Å². The first-order valence-electron chi connectivity index (χ1n) is 7.24. The molecule has 0 radical (unpaired) electrons. The molecule has 0 bridgehead atoms. The first-order chi connectivity index (χ1) is 9.36. The number of rotatable bonds is 2. The lowest BCUT2D eigenvalue weighted by atomic mass is 10.0. The quantitative estimate of drug-likeness (QED) is 0.772. The zero-order valence-corrected chi connectivity index (χ0v) is 7.52. The average Bonchev–Trinajstić information content (AvgIpc) is 2.32. The third kappa shape index (κ3) is 1.83. The molecule has 2 aromatic rings. The normalized spacial score (nSPS) is 16.1. The number of hydrogen-bond donors (Lipinski definition) is 1. The van der Waals surface area contributed by atoms with Gasteiger partial charge in [0, 0.05) is 6.54 Å². The smallest absolute Gasteiger partial charge is 0.0633 e. The molecule has 0 aliphatic heterocycles. The average molecular weight is 189 g/mol. The van der Waals surface area contributed by atoms with Crippen molar-refractivity contribution in [2.24, 2.45) is 5.73 Å². The molecule has 70 valence electrons. The molecule has 0 amide bonds. The molecule has 2 N–H and O–H groups in total. The zero-order valence-electron chi connectivity index (χ0n) is 13.5. The maximum absolute atomic E-state index is 8.08. The number of benzene rings is 2. The van der Waals surface area contributed by atoms with Crippen LogP contribution in [0.5, 0.6) is 0 Å². The van der Waals surface area contributed by atoms with E-state index in [9.17, 15) is 0 Å². The van der Waals surface area contributed by atoms with Crippen molar-refractivity contribution in [1.82, 2.24) is 0 Å². The van der Waals surface area contributed by atoms with Gasteiger partial charge in [-0.2, -0.15) is 0 Å². The van der Waals surface area contributed by atoms with Crippen LogP contribution in [0.3, 0.4) is 0 Å². The molecule has 0 aromatic heterocycles. The second kappa shape index (κ2) is 4.07. The van der Waals surface area contributed by atoms with Crippen molar-refractivity contribution >= 4 is 0 Å². The van der Waals surface area contributed by atoms with Crippen molar-refractivity contribution in [3.05, 3.63) is 60.0 Å². The van der Waals surface area contributed by atoms with E-state index < -0.39 is 0 Å². The lowest BCUT2D eigenvalue weighted by molar-refractivity contribution is 1.07. The minimum absolute atomic E-state index is 0.0118. The first kappa shape index (κ1) is 4.28. The summed E-state index contributed by atoms with van der Waals surface area (Å²) in [6.45, 7) is -0.0118. The maximum atomic E-state index is 8.08. The van der Waals surface area contributed by atoms with E-state index in [1.807, 2.05) is 0 Å². The summed E-state index contributed by atoms with van der Waals surface area (Å²) in [4.78, 5) is 0. The molecular formula is C13H13N. The molecule has 0 saturated carbocycles. The lowest BCUT2D eigenvalue weighted by Crippen LogP contribution is -1.95. The van der Waals surface area contributed by atoms with Crippen LogP contribution in [-0.4, -0.2) is 0 Å². The van der Waals surface area contributed by atoms with Gasteiger partial charge in [-0.05, 0) is 22.7 Å². The van der Waals surface area contributed by atoms with Crippen LogP contribution in [0.1, 0.15) is 13.8 Å². The summed E-state index contributed by atoms with van der Waals surface area (Å²) < 4.78 is 46.9. The Balaban J connectivity index is 2.83. The van der Waals surface area contributed by atoms with E-state index in [-0.39, 0.29) is 59.5 Å². The van der Waals surface area contributed by atoms with Crippen molar-refractivity contribution in [1.29, 1.82) is 0 Å². The Kier molecular flexibility index (Phi) is 1.25. The topological polar surface area (TPSA) is 26.0 Å². The Hall–Kier alpha value is -1.60. The molecule has 0 spiro atoms. The molecule has 2 rings (SSSR count).